The van der Waals surface area contributed by atoms with E-state index in [1.807, 2.05) is 27.2 Å². The maximum atomic E-state index is 5.54. The molecule has 0 spiro atoms. The molecule has 2 aromatic rings. The molecule has 0 amide bonds. The number of benzene rings is 2. The fourth-order valence-electron chi connectivity index (χ4n) is 2.41. The minimum Gasteiger partial charge on any atom is -0.378 e. The van der Waals surface area contributed by atoms with E-state index in [-0.39, 0.29) is 0 Å². The second-order valence-electron chi connectivity index (χ2n) is 5.86. The molecule has 2 rings (SSSR count). The molecular formula is C19H25N3S. The van der Waals surface area contributed by atoms with Gasteiger partial charge >= 0.3 is 0 Å². The normalized spacial score (nSPS) is 10.3. The van der Waals surface area contributed by atoms with Crippen molar-refractivity contribution in [1.29, 1.82) is 0 Å². The molecule has 0 saturated heterocycles. The topological polar surface area (TPSA) is 18.5 Å². The van der Waals surface area contributed by atoms with Gasteiger partial charge in [0, 0.05) is 39.1 Å². The summed E-state index contributed by atoms with van der Waals surface area (Å²) in [4.78, 5) is 4.16. The van der Waals surface area contributed by atoms with Crippen LogP contribution in [0.1, 0.15) is 18.1 Å². The van der Waals surface area contributed by atoms with E-state index in [1.54, 1.807) is 0 Å². The molecule has 0 fully saturated rings. The van der Waals surface area contributed by atoms with E-state index >= 15 is 0 Å². The molecule has 0 atom stereocenters. The van der Waals surface area contributed by atoms with Gasteiger partial charge in [-0.25, -0.2) is 0 Å². The lowest BCUT2D eigenvalue weighted by atomic mass is 10.1. The molecule has 0 aromatic heterocycles. The second-order valence-corrected chi connectivity index (χ2v) is 6.24. The van der Waals surface area contributed by atoms with Crippen molar-refractivity contribution in [2.75, 3.05) is 31.4 Å². The molecule has 1 N–H and O–H groups in total. The third-order valence-electron chi connectivity index (χ3n) is 3.86. The van der Waals surface area contributed by atoms with Gasteiger partial charge in [-0.15, -0.1) is 0 Å². The molecule has 0 aliphatic carbocycles. The largest absolute Gasteiger partial charge is 0.378 e. The van der Waals surface area contributed by atoms with Crippen LogP contribution >= 0.6 is 12.2 Å². The number of hydrogen-bond donors (Lipinski definition) is 1. The van der Waals surface area contributed by atoms with Crippen molar-refractivity contribution in [3.8, 4) is 0 Å². The van der Waals surface area contributed by atoms with E-state index < -0.39 is 0 Å². The summed E-state index contributed by atoms with van der Waals surface area (Å²) >= 11 is 5.54. The lowest BCUT2D eigenvalue weighted by Crippen LogP contribution is -2.30. The van der Waals surface area contributed by atoms with Crippen LogP contribution < -0.4 is 10.2 Å². The third kappa shape index (κ3) is 4.70. The van der Waals surface area contributed by atoms with Crippen molar-refractivity contribution in [2.24, 2.45) is 0 Å². The van der Waals surface area contributed by atoms with Gasteiger partial charge in [0.1, 0.15) is 0 Å². The summed E-state index contributed by atoms with van der Waals surface area (Å²) in [5.41, 5.74) is 4.81. The Bertz CT molecular complexity index is 650. The summed E-state index contributed by atoms with van der Waals surface area (Å²) in [6, 6.07) is 16.9. The van der Waals surface area contributed by atoms with Crippen LogP contribution in [-0.2, 0) is 13.0 Å². The van der Waals surface area contributed by atoms with Crippen LogP contribution in [0.4, 0.5) is 11.4 Å². The molecule has 3 nitrogen and oxygen atoms in total. The Morgan fingerprint density at radius 3 is 2.26 bits per heavy atom. The van der Waals surface area contributed by atoms with Gasteiger partial charge in [-0.05, 0) is 48.0 Å². The summed E-state index contributed by atoms with van der Waals surface area (Å²) in [5.74, 6) is 0. The zero-order chi connectivity index (χ0) is 16.8. The van der Waals surface area contributed by atoms with Crippen LogP contribution in [-0.4, -0.2) is 31.2 Å². The monoisotopic (exact) mass is 327 g/mol. The number of para-hydroxylation sites is 1. The SMILES string of the molecule is CCc1ccccc1NC(=S)N(C)Cc1ccc(N(C)C)cc1. The van der Waals surface area contributed by atoms with Gasteiger partial charge in [0.15, 0.2) is 5.11 Å². The van der Waals surface area contributed by atoms with Gasteiger partial charge in [-0.3, -0.25) is 0 Å². The van der Waals surface area contributed by atoms with Crippen molar-refractivity contribution < 1.29 is 0 Å². The fraction of sp³-hybridized carbons (Fsp3) is 0.316. The van der Waals surface area contributed by atoms with E-state index in [2.05, 4.69) is 64.5 Å². The molecule has 0 aliphatic rings. The average molecular weight is 327 g/mol. The lowest BCUT2D eigenvalue weighted by Gasteiger charge is -2.22. The third-order valence-corrected chi connectivity index (χ3v) is 4.27. The maximum Gasteiger partial charge on any atom is 0.173 e. The Kier molecular flexibility index (Phi) is 5.99. The van der Waals surface area contributed by atoms with Crippen LogP contribution in [0.3, 0.4) is 0 Å². The molecule has 2 aromatic carbocycles. The second kappa shape index (κ2) is 7.97. The Morgan fingerprint density at radius 1 is 1.00 bits per heavy atom. The van der Waals surface area contributed by atoms with E-state index in [0.717, 1.165) is 23.8 Å². The Morgan fingerprint density at radius 2 is 1.65 bits per heavy atom. The van der Waals surface area contributed by atoms with Gasteiger partial charge in [-0.2, -0.15) is 0 Å². The van der Waals surface area contributed by atoms with Gasteiger partial charge in [0.25, 0.3) is 0 Å². The predicted molar refractivity (Wildman–Crippen MR) is 104 cm³/mol. The van der Waals surface area contributed by atoms with Crippen LogP contribution in [0.25, 0.3) is 0 Å². The van der Waals surface area contributed by atoms with Crippen molar-refractivity contribution in [2.45, 2.75) is 19.9 Å². The summed E-state index contributed by atoms with van der Waals surface area (Å²) < 4.78 is 0. The highest BCUT2D eigenvalue weighted by molar-refractivity contribution is 7.80. The molecule has 0 heterocycles. The Labute approximate surface area is 144 Å². The molecule has 0 unspecified atom stereocenters. The number of anilines is 2. The zero-order valence-corrected chi connectivity index (χ0v) is 15.2. The standard InChI is InChI=1S/C19H25N3S/c1-5-16-8-6-7-9-18(16)20-19(23)22(4)14-15-10-12-17(13-11-15)21(2)3/h6-13H,5,14H2,1-4H3,(H,20,23). The lowest BCUT2D eigenvalue weighted by molar-refractivity contribution is 0.508. The van der Waals surface area contributed by atoms with Gasteiger partial charge < -0.3 is 15.1 Å². The molecular weight excluding hydrogens is 302 g/mol. The summed E-state index contributed by atoms with van der Waals surface area (Å²) in [7, 11) is 6.11. The van der Waals surface area contributed by atoms with Crippen LogP contribution in [0, 0.1) is 0 Å². The average Bonchev–Trinajstić information content (AvgIpc) is 2.55. The molecule has 23 heavy (non-hydrogen) atoms. The minimum atomic E-state index is 0.739. The Balaban J connectivity index is 1.99. The van der Waals surface area contributed by atoms with E-state index in [1.165, 1.54) is 16.8 Å². The smallest absolute Gasteiger partial charge is 0.173 e. The van der Waals surface area contributed by atoms with E-state index in [4.69, 9.17) is 12.2 Å². The molecule has 0 bridgehead atoms. The van der Waals surface area contributed by atoms with Crippen LogP contribution in [0.5, 0.6) is 0 Å². The van der Waals surface area contributed by atoms with Gasteiger partial charge in [-0.1, -0.05) is 37.3 Å². The van der Waals surface area contributed by atoms with Crippen molar-refractivity contribution in [3.63, 3.8) is 0 Å². The number of nitrogens with one attached hydrogen (secondary N) is 1. The highest BCUT2D eigenvalue weighted by Gasteiger charge is 2.08. The Hall–Kier alpha value is -2.07. The number of nitrogens with zero attached hydrogens (tertiary/aromatic N) is 2. The summed E-state index contributed by atoms with van der Waals surface area (Å²) in [5, 5.41) is 4.10. The molecule has 0 radical (unpaired) electrons. The summed E-state index contributed by atoms with van der Waals surface area (Å²) in [6.07, 6.45) is 0.988. The van der Waals surface area contributed by atoms with Gasteiger partial charge in [0.05, 0.1) is 0 Å². The molecule has 122 valence electrons. The zero-order valence-electron chi connectivity index (χ0n) is 14.3. The maximum absolute atomic E-state index is 5.54. The predicted octanol–water partition coefficient (Wildman–Crippen LogP) is 4.14. The number of aryl methyl sites for hydroxylation is 1. The summed E-state index contributed by atoms with van der Waals surface area (Å²) in [6.45, 7) is 2.94. The first kappa shape index (κ1) is 17.3. The van der Waals surface area contributed by atoms with E-state index in [9.17, 15) is 0 Å². The fourth-order valence-corrected chi connectivity index (χ4v) is 2.58. The number of hydrogen-bond acceptors (Lipinski definition) is 2. The highest BCUT2D eigenvalue weighted by atomic mass is 32.1. The number of thiocarbonyl (C=S) groups is 1. The molecule has 4 heteroatoms. The van der Waals surface area contributed by atoms with E-state index in [0.29, 0.717) is 0 Å². The van der Waals surface area contributed by atoms with Crippen LogP contribution in [0.15, 0.2) is 48.5 Å². The quantitative estimate of drug-likeness (QED) is 0.832. The molecule has 0 aliphatic heterocycles. The van der Waals surface area contributed by atoms with Crippen molar-refractivity contribution in [3.05, 3.63) is 59.7 Å². The minimum absolute atomic E-state index is 0.739. The van der Waals surface area contributed by atoms with Crippen LogP contribution in [0.2, 0.25) is 0 Å². The van der Waals surface area contributed by atoms with Crippen molar-refractivity contribution in [1.82, 2.24) is 4.90 Å². The van der Waals surface area contributed by atoms with Crippen molar-refractivity contribution >= 4 is 28.7 Å². The highest BCUT2D eigenvalue weighted by Crippen LogP contribution is 2.17. The number of rotatable bonds is 5. The first-order valence-corrected chi connectivity index (χ1v) is 8.28. The first-order chi connectivity index (χ1) is 11.0. The first-order valence-electron chi connectivity index (χ1n) is 7.87. The molecule has 0 saturated carbocycles. The van der Waals surface area contributed by atoms with Gasteiger partial charge in [0.2, 0.25) is 0 Å².